The number of imidazole rings is 1. The lowest BCUT2D eigenvalue weighted by Gasteiger charge is -2.36. The standard InChI is InChI=1S/C21H24F2N4OS/c1-3-17-15(16-12-24-18-7-5-9-25-27(16)18)10-14(29-17)11-19(28)26-20-13(2)6-4-8-21(20,22)23/h5,7,9-10,12-13,20H,3-4,6,8,11H2,1-2H3,(H,26,28). The maximum Gasteiger partial charge on any atom is 0.268 e. The van der Waals surface area contributed by atoms with Crippen molar-refractivity contribution in [3.05, 3.63) is 40.3 Å². The van der Waals surface area contributed by atoms with Gasteiger partial charge in [0.1, 0.15) is 0 Å². The van der Waals surface area contributed by atoms with Crippen LogP contribution < -0.4 is 5.32 Å². The van der Waals surface area contributed by atoms with E-state index in [1.807, 2.05) is 18.2 Å². The van der Waals surface area contributed by atoms with Crippen LogP contribution in [0.4, 0.5) is 8.78 Å². The number of rotatable bonds is 5. The maximum absolute atomic E-state index is 14.2. The van der Waals surface area contributed by atoms with Crippen LogP contribution in [-0.4, -0.2) is 32.5 Å². The average Bonchev–Trinajstić information content (AvgIpc) is 3.28. The molecule has 0 radical (unpaired) electrons. The van der Waals surface area contributed by atoms with Crippen molar-refractivity contribution in [3.63, 3.8) is 0 Å². The lowest BCUT2D eigenvalue weighted by atomic mass is 9.83. The molecule has 4 rings (SSSR count). The fourth-order valence-electron chi connectivity index (χ4n) is 4.09. The number of thiophene rings is 1. The number of nitrogens with one attached hydrogen (secondary N) is 1. The molecule has 3 aromatic heterocycles. The van der Waals surface area contributed by atoms with Gasteiger partial charge in [-0.2, -0.15) is 5.10 Å². The zero-order chi connectivity index (χ0) is 20.6. The molecule has 1 fully saturated rings. The summed E-state index contributed by atoms with van der Waals surface area (Å²) in [5.41, 5.74) is 2.61. The van der Waals surface area contributed by atoms with Crippen LogP contribution >= 0.6 is 11.3 Å². The van der Waals surface area contributed by atoms with Crippen molar-refractivity contribution < 1.29 is 13.6 Å². The Labute approximate surface area is 172 Å². The number of amides is 1. The third-order valence-corrected chi connectivity index (χ3v) is 6.86. The van der Waals surface area contributed by atoms with Gasteiger partial charge in [-0.3, -0.25) is 4.79 Å². The Kier molecular flexibility index (Phi) is 5.38. The van der Waals surface area contributed by atoms with Gasteiger partial charge in [-0.25, -0.2) is 18.3 Å². The van der Waals surface area contributed by atoms with E-state index in [1.54, 1.807) is 35.2 Å². The van der Waals surface area contributed by atoms with Crippen LogP contribution in [0.3, 0.4) is 0 Å². The van der Waals surface area contributed by atoms with E-state index >= 15 is 0 Å². The molecule has 29 heavy (non-hydrogen) atoms. The summed E-state index contributed by atoms with van der Waals surface area (Å²) in [6.07, 6.45) is 5.44. The van der Waals surface area contributed by atoms with Gasteiger partial charge in [-0.15, -0.1) is 11.3 Å². The number of halogens is 2. The highest BCUT2D eigenvalue weighted by Crippen LogP contribution is 2.37. The minimum Gasteiger partial charge on any atom is -0.347 e. The van der Waals surface area contributed by atoms with Gasteiger partial charge in [-0.05, 0) is 43.4 Å². The van der Waals surface area contributed by atoms with Gasteiger partial charge in [-0.1, -0.05) is 13.8 Å². The lowest BCUT2D eigenvalue weighted by Crippen LogP contribution is -2.53. The molecule has 2 atom stereocenters. The molecule has 1 N–H and O–H groups in total. The number of carbonyl (C=O) groups excluding carboxylic acids is 1. The minimum absolute atomic E-state index is 0.0983. The second-order valence-corrected chi connectivity index (χ2v) is 8.91. The highest BCUT2D eigenvalue weighted by molar-refractivity contribution is 7.12. The number of hydrogen-bond donors (Lipinski definition) is 1. The van der Waals surface area contributed by atoms with Crippen LogP contribution in [0.1, 0.15) is 42.9 Å². The molecule has 3 aromatic rings. The van der Waals surface area contributed by atoms with E-state index in [9.17, 15) is 13.6 Å². The maximum atomic E-state index is 14.2. The Balaban J connectivity index is 1.55. The number of aryl methyl sites for hydroxylation is 1. The number of hydrogen-bond acceptors (Lipinski definition) is 4. The van der Waals surface area contributed by atoms with Crippen molar-refractivity contribution in [1.82, 2.24) is 19.9 Å². The lowest BCUT2D eigenvalue weighted by molar-refractivity contribution is -0.130. The summed E-state index contributed by atoms with van der Waals surface area (Å²) in [6.45, 7) is 3.84. The predicted octanol–water partition coefficient (Wildman–Crippen LogP) is 4.50. The van der Waals surface area contributed by atoms with E-state index in [1.165, 1.54) is 0 Å². The molecule has 8 heteroatoms. The summed E-state index contributed by atoms with van der Waals surface area (Å²) in [7, 11) is 0. The minimum atomic E-state index is -2.84. The molecule has 1 saturated carbocycles. The van der Waals surface area contributed by atoms with Crippen molar-refractivity contribution in [1.29, 1.82) is 0 Å². The van der Waals surface area contributed by atoms with Crippen LogP contribution in [0, 0.1) is 5.92 Å². The number of alkyl halides is 2. The van der Waals surface area contributed by atoms with Crippen LogP contribution in [0.25, 0.3) is 16.9 Å². The van der Waals surface area contributed by atoms with E-state index < -0.39 is 12.0 Å². The third-order valence-electron chi connectivity index (χ3n) is 5.58. The van der Waals surface area contributed by atoms with Gasteiger partial charge in [0.25, 0.3) is 5.92 Å². The predicted molar refractivity (Wildman–Crippen MR) is 109 cm³/mol. The molecular weight excluding hydrogens is 394 g/mol. The highest BCUT2D eigenvalue weighted by Gasteiger charge is 2.45. The third kappa shape index (κ3) is 3.90. The van der Waals surface area contributed by atoms with Crippen molar-refractivity contribution in [3.8, 4) is 11.3 Å². The Morgan fingerprint density at radius 2 is 2.28 bits per heavy atom. The van der Waals surface area contributed by atoms with Gasteiger partial charge < -0.3 is 5.32 Å². The molecule has 1 amide bonds. The number of fused-ring (bicyclic) bond motifs is 1. The number of nitrogens with zero attached hydrogens (tertiary/aromatic N) is 3. The molecule has 0 aliphatic heterocycles. The first-order valence-electron chi connectivity index (χ1n) is 9.97. The fraction of sp³-hybridized carbons (Fsp3) is 0.476. The van der Waals surface area contributed by atoms with Gasteiger partial charge in [0.05, 0.1) is 24.4 Å². The summed E-state index contributed by atoms with van der Waals surface area (Å²) in [5.74, 6) is -3.42. The summed E-state index contributed by atoms with van der Waals surface area (Å²) in [4.78, 5) is 18.9. The van der Waals surface area contributed by atoms with E-state index in [0.717, 1.165) is 33.1 Å². The normalized spacial score (nSPS) is 21.4. The van der Waals surface area contributed by atoms with Gasteiger partial charge in [0.2, 0.25) is 5.91 Å². The largest absolute Gasteiger partial charge is 0.347 e. The Morgan fingerprint density at radius 3 is 3.03 bits per heavy atom. The van der Waals surface area contributed by atoms with E-state index in [4.69, 9.17) is 0 Å². The van der Waals surface area contributed by atoms with E-state index in [0.29, 0.717) is 12.8 Å². The topological polar surface area (TPSA) is 59.3 Å². The Bertz CT molecular complexity index is 1030. The zero-order valence-electron chi connectivity index (χ0n) is 16.5. The fourth-order valence-corrected chi connectivity index (χ4v) is 5.21. The Morgan fingerprint density at radius 1 is 1.45 bits per heavy atom. The SMILES string of the molecule is CCc1sc(CC(=O)NC2C(C)CCCC2(F)F)cc1-c1cnc2cccnn12. The second-order valence-electron chi connectivity index (χ2n) is 7.69. The monoisotopic (exact) mass is 418 g/mol. The van der Waals surface area contributed by atoms with Crippen molar-refractivity contribution in [2.24, 2.45) is 5.92 Å². The van der Waals surface area contributed by atoms with Crippen LogP contribution in [0.2, 0.25) is 0 Å². The molecule has 154 valence electrons. The first kappa shape index (κ1) is 19.9. The van der Waals surface area contributed by atoms with E-state index in [2.05, 4.69) is 22.3 Å². The van der Waals surface area contributed by atoms with Gasteiger partial charge in [0.15, 0.2) is 5.65 Å². The molecule has 2 unspecified atom stereocenters. The van der Waals surface area contributed by atoms with E-state index in [-0.39, 0.29) is 24.7 Å². The molecule has 1 aliphatic carbocycles. The average molecular weight is 419 g/mol. The van der Waals surface area contributed by atoms with Crippen molar-refractivity contribution >= 4 is 22.9 Å². The van der Waals surface area contributed by atoms with Crippen molar-refractivity contribution in [2.45, 2.75) is 57.9 Å². The first-order chi connectivity index (χ1) is 13.9. The molecule has 0 saturated heterocycles. The molecule has 0 spiro atoms. The molecule has 3 heterocycles. The van der Waals surface area contributed by atoms with Gasteiger partial charge in [0, 0.05) is 27.9 Å². The van der Waals surface area contributed by atoms with Crippen LogP contribution in [-0.2, 0) is 17.6 Å². The summed E-state index contributed by atoms with van der Waals surface area (Å²) in [5, 5.41) is 6.97. The number of aromatic nitrogens is 3. The highest BCUT2D eigenvalue weighted by atomic mass is 32.1. The van der Waals surface area contributed by atoms with Gasteiger partial charge >= 0.3 is 0 Å². The Hall–Kier alpha value is -2.35. The molecular formula is C21H24F2N4OS. The molecule has 0 aromatic carbocycles. The second kappa shape index (κ2) is 7.82. The number of carbonyl (C=O) groups is 1. The van der Waals surface area contributed by atoms with Crippen LogP contribution in [0.5, 0.6) is 0 Å². The smallest absolute Gasteiger partial charge is 0.268 e. The molecule has 5 nitrogen and oxygen atoms in total. The first-order valence-corrected chi connectivity index (χ1v) is 10.8. The zero-order valence-corrected chi connectivity index (χ0v) is 17.3. The summed E-state index contributed by atoms with van der Waals surface area (Å²) >= 11 is 1.54. The summed E-state index contributed by atoms with van der Waals surface area (Å²) in [6, 6.07) is 4.59. The summed E-state index contributed by atoms with van der Waals surface area (Å²) < 4.78 is 30.3. The van der Waals surface area contributed by atoms with Crippen LogP contribution in [0.15, 0.2) is 30.6 Å². The quantitative estimate of drug-likeness (QED) is 0.664. The molecule has 0 bridgehead atoms. The molecule has 1 aliphatic rings. The van der Waals surface area contributed by atoms with Crippen molar-refractivity contribution in [2.75, 3.05) is 0 Å².